The van der Waals surface area contributed by atoms with Gasteiger partial charge in [-0.15, -0.1) is 0 Å². The van der Waals surface area contributed by atoms with Crippen LogP contribution in [-0.2, 0) is 17.8 Å². The molecule has 4 nitrogen and oxygen atoms in total. The van der Waals surface area contributed by atoms with Crippen molar-refractivity contribution in [2.45, 2.75) is 45.3 Å². The highest BCUT2D eigenvalue weighted by Crippen LogP contribution is 2.26. The summed E-state index contributed by atoms with van der Waals surface area (Å²) in [5.41, 5.74) is 2.74. The molecule has 2 atom stereocenters. The molecule has 1 aliphatic rings. The Labute approximate surface area is 148 Å². The molecule has 0 saturated carbocycles. The lowest BCUT2D eigenvalue weighted by atomic mass is 10.0. The molecule has 1 aliphatic heterocycles. The van der Waals surface area contributed by atoms with Crippen LogP contribution in [0.25, 0.3) is 0 Å². The van der Waals surface area contributed by atoms with Crippen molar-refractivity contribution in [1.29, 1.82) is 0 Å². The van der Waals surface area contributed by atoms with Gasteiger partial charge in [0.25, 0.3) is 5.91 Å². The summed E-state index contributed by atoms with van der Waals surface area (Å²) in [4.78, 5) is 27.4. The highest BCUT2D eigenvalue weighted by molar-refractivity contribution is 6.01. The Morgan fingerprint density at radius 3 is 2.48 bits per heavy atom. The number of carbonyl (C=O) groups is 2. The Morgan fingerprint density at radius 1 is 1.12 bits per heavy atom. The van der Waals surface area contributed by atoms with Crippen LogP contribution in [0.5, 0.6) is 0 Å². The van der Waals surface area contributed by atoms with Gasteiger partial charge < -0.3 is 10.2 Å². The molecule has 2 aromatic carbocycles. The van der Waals surface area contributed by atoms with E-state index in [1.54, 1.807) is 4.90 Å². The SMILES string of the molecule is CCC(C)NC(=O)[C@H](Cc1ccccc1)N1Cc2ccccc2C1=O. The number of nitrogens with one attached hydrogen (secondary N) is 1. The number of benzene rings is 2. The molecule has 0 saturated heterocycles. The lowest BCUT2D eigenvalue weighted by Gasteiger charge is -2.28. The van der Waals surface area contributed by atoms with E-state index in [0.717, 1.165) is 17.5 Å². The predicted molar refractivity (Wildman–Crippen MR) is 98.1 cm³/mol. The van der Waals surface area contributed by atoms with E-state index >= 15 is 0 Å². The third-order valence-corrected chi connectivity index (χ3v) is 4.80. The smallest absolute Gasteiger partial charge is 0.255 e. The zero-order chi connectivity index (χ0) is 17.8. The predicted octanol–water partition coefficient (Wildman–Crippen LogP) is 3.17. The van der Waals surface area contributed by atoms with Crippen LogP contribution in [0.1, 0.15) is 41.8 Å². The van der Waals surface area contributed by atoms with Crippen LogP contribution < -0.4 is 5.32 Å². The van der Waals surface area contributed by atoms with Gasteiger partial charge in [0.1, 0.15) is 6.04 Å². The Balaban J connectivity index is 1.86. The lowest BCUT2D eigenvalue weighted by Crippen LogP contribution is -2.50. The number of rotatable bonds is 6. The summed E-state index contributed by atoms with van der Waals surface area (Å²) in [5.74, 6) is -0.143. The third kappa shape index (κ3) is 3.73. The Bertz CT molecular complexity index is 758. The van der Waals surface area contributed by atoms with E-state index in [9.17, 15) is 9.59 Å². The van der Waals surface area contributed by atoms with Gasteiger partial charge in [-0.05, 0) is 30.5 Å². The first-order valence-electron chi connectivity index (χ1n) is 8.83. The van der Waals surface area contributed by atoms with Crippen molar-refractivity contribution in [3.63, 3.8) is 0 Å². The van der Waals surface area contributed by atoms with Crippen molar-refractivity contribution in [3.05, 3.63) is 71.3 Å². The number of carbonyl (C=O) groups excluding carboxylic acids is 2. The third-order valence-electron chi connectivity index (χ3n) is 4.80. The van der Waals surface area contributed by atoms with E-state index in [2.05, 4.69) is 5.32 Å². The minimum atomic E-state index is -0.503. The standard InChI is InChI=1S/C21H24N2O2/c1-3-15(2)22-20(24)19(13-16-9-5-4-6-10-16)23-14-17-11-7-8-12-18(17)21(23)25/h4-12,15,19H,3,13-14H2,1-2H3,(H,22,24)/t15?,19-/m0/s1. The average molecular weight is 336 g/mol. The van der Waals surface area contributed by atoms with Gasteiger partial charge in [-0.25, -0.2) is 0 Å². The first kappa shape index (κ1) is 17.2. The van der Waals surface area contributed by atoms with Crippen LogP contribution in [-0.4, -0.2) is 28.8 Å². The van der Waals surface area contributed by atoms with Crippen molar-refractivity contribution in [2.75, 3.05) is 0 Å². The van der Waals surface area contributed by atoms with Gasteiger partial charge >= 0.3 is 0 Å². The first-order chi connectivity index (χ1) is 12.1. The molecular formula is C21H24N2O2. The highest BCUT2D eigenvalue weighted by Gasteiger charge is 2.36. The fourth-order valence-electron chi connectivity index (χ4n) is 3.15. The Hall–Kier alpha value is -2.62. The largest absolute Gasteiger partial charge is 0.352 e. The topological polar surface area (TPSA) is 49.4 Å². The Morgan fingerprint density at radius 2 is 1.80 bits per heavy atom. The molecule has 0 aromatic heterocycles. The molecule has 0 spiro atoms. The molecule has 1 heterocycles. The van der Waals surface area contributed by atoms with Gasteiger partial charge in [0.2, 0.25) is 5.91 Å². The zero-order valence-electron chi connectivity index (χ0n) is 14.7. The molecule has 0 fully saturated rings. The van der Waals surface area contributed by atoms with Crippen molar-refractivity contribution in [2.24, 2.45) is 0 Å². The molecule has 0 radical (unpaired) electrons. The van der Waals surface area contributed by atoms with E-state index in [1.165, 1.54) is 0 Å². The Kier molecular flexibility index (Phi) is 5.17. The summed E-state index contributed by atoms with van der Waals surface area (Å²) in [6.45, 7) is 4.51. The molecule has 2 amide bonds. The molecule has 0 bridgehead atoms. The van der Waals surface area contributed by atoms with Gasteiger partial charge in [-0.3, -0.25) is 9.59 Å². The maximum atomic E-state index is 12.9. The fraction of sp³-hybridized carbons (Fsp3) is 0.333. The van der Waals surface area contributed by atoms with Crippen molar-refractivity contribution >= 4 is 11.8 Å². The second-order valence-electron chi connectivity index (χ2n) is 6.61. The number of fused-ring (bicyclic) bond motifs is 1. The summed E-state index contributed by atoms with van der Waals surface area (Å²) < 4.78 is 0. The van der Waals surface area contributed by atoms with Crippen molar-refractivity contribution in [1.82, 2.24) is 10.2 Å². The molecule has 130 valence electrons. The quantitative estimate of drug-likeness (QED) is 0.881. The van der Waals surface area contributed by atoms with Crippen LogP contribution in [0.3, 0.4) is 0 Å². The molecule has 4 heteroatoms. The number of amides is 2. The van der Waals surface area contributed by atoms with Crippen molar-refractivity contribution in [3.8, 4) is 0 Å². The molecule has 1 N–H and O–H groups in total. The van der Waals surface area contributed by atoms with Gasteiger partial charge in [0.15, 0.2) is 0 Å². The van der Waals surface area contributed by atoms with Crippen LogP contribution >= 0.6 is 0 Å². The van der Waals surface area contributed by atoms with E-state index < -0.39 is 6.04 Å². The first-order valence-corrected chi connectivity index (χ1v) is 8.83. The van der Waals surface area contributed by atoms with Gasteiger partial charge in [-0.1, -0.05) is 55.5 Å². The fourth-order valence-corrected chi connectivity index (χ4v) is 3.15. The number of hydrogen-bond donors (Lipinski definition) is 1. The van der Waals surface area contributed by atoms with Gasteiger partial charge in [0.05, 0.1) is 0 Å². The summed E-state index contributed by atoms with van der Waals surface area (Å²) in [6, 6.07) is 17.0. The van der Waals surface area contributed by atoms with Crippen LogP contribution in [0.15, 0.2) is 54.6 Å². The molecule has 1 unspecified atom stereocenters. The van der Waals surface area contributed by atoms with Crippen LogP contribution in [0, 0.1) is 0 Å². The van der Waals surface area contributed by atoms with E-state index in [1.807, 2.05) is 68.4 Å². The van der Waals surface area contributed by atoms with E-state index in [0.29, 0.717) is 18.5 Å². The molecule has 0 aliphatic carbocycles. The normalized spacial score (nSPS) is 15.6. The highest BCUT2D eigenvalue weighted by atomic mass is 16.2. The van der Waals surface area contributed by atoms with E-state index in [4.69, 9.17) is 0 Å². The second-order valence-corrected chi connectivity index (χ2v) is 6.61. The van der Waals surface area contributed by atoms with Crippen LogP contribution in [0.4, 0.5) is 0 Å². The lowest BCUT2D eigenvalue weighted by molar-refractivity contribution is -0.126. The zero-order valence-corrected chi connectivity index (χ0v) is 14.7. The second kappa shape index (κ2) is 7.51. The summed E-state index contributed by atoms with van der Waals surface area (Å²) >= 11 is 0. The van der Waals surface area contributed by atoms with Crippen molar-refractivity contribution < 1.29 is 9.59 Å². The minimum absolute atomic E-state index is 0.0594. The van der Waals surface area contributed by atoms with Gasteiger partial charge in [-0.2, -0.15) is 0 Å². The maximum Gasteiger partial charge on any atom is 0.255 e. The summed E-state index contributed by atoms with van der Waals surface area (Å²) in [7, 11) is 0. The average Bonchev–Trinajstić information content (AvgIpc) is 2.97. The summed E-state index contributed by atoms with van der Waals surface area (Å²) in [6.07, 6.45) is 1.38. The maximum absolute atomic E-state index is 12.9. The molecule has 3 rings (SSSR count). The monoisotopic (exact) mass is 336 g/mol. The van der Waals surface area contributed by atoms with E-state index in [-0.39, 0.29) is 17.9 Å². The molecule has 25 heavy (non-hydrogen) atoms. The van der Waals surface area contributed by atoms with Crippen LogP contribution in [0.2, 0.25) is 0 Å². The molecule has 2 aromatic rings. The number of nitrogens with zero attached hydrogens (tertiary/aromatic N) is 1. The number of hydrogen-bond acceptors (Lipinski definition) is 2. The summed E-state index contributed by atoms with van der Waals surface area (Å²) in [5, 5.41) is 3.04. The molecular weight excluding hydrogens is 312 g/mol. The minimum Gasteiger partial charge on any atom is -0.352 e. The van der Waals surface area contributed by atoms with Gasteiger partial charge in [0, 0.05) is 24.6 Å².